The Labute approximate surface area is 122 Å². The number of amides is 1. The lowest BCUT2D eigenvalue weighted by atomic mass is 9.70. The van der Waals surface area contributed by atoms with Gasteiger partial charge in [0.2, 0.25) is 0 Å². The third-order valence-corrected chi connectivity index (χ3v) is 5.00. The molecule has 2 aromatic rings. The van der Waals surface area contributed by atoms with E-state index in [4.69, 9.17) is 14.9 Å². The quantitative estimate of drug-likeness (QED) is 0.917. The number of fused-ring (bicyclic) bond motifs is 2. The molecule has 2 N–H and O–H groups in total. The molecule has 2 atom stereocenters. The van der Waals surface area contributed by atoms with Gasteiger partial charge in [0.25, 0.3) is 5.91 Å². The number of ether oxygens (including phenoxy) is 1. The van der Waals surface area contributed by atoms with Gasteiger partial charge in [-0.15, -0.1) is 0 Å². The van der Waals surface area contributed by atoms with Crippen molar-refractivity contribution in [2.24, 2.45) is 11.7 Å². The zero-order valence-electron chi connectivity index (χ0n) is 12.0. The molecule has 5 heteroatoms. The lowest BCUT2D eigenvalue weighted by molar-refractivity contribution is 0.0786. The molecule has 4 rings (SSSR count). The van der Waals surface area contributed by atoms with Gasteiger partial charge in [-0.25, -0.2) is 0 Å². The fourth-order valence-corrected chi connectivity index (χ4v) is 3.57. The number of carbonyl (C=O) groups is 1. The molecule has 1 aliphatic carbocycles. The van der Waals surface area contributed by atoms with Crippen LogP contribution in [-0.2, 0) is 0 Å². The molecule has 2 heterocycles. The maximum atomic E-state index is 12.8. The van der Waals surface area contributed by atoms with Gasteiger partial charge in [0.15, 0.2) is 11.3 Å². The van der Waals surface area contributed by atoms with E-state index in [9.17, 15) is 4.79 Å². The molecule has 0 bridgehead atoms. The fraction of sp³-hybridized carbons (Fsp3) is 0.438. The summed E-state index contributed by atoms with van der Waals surface area (Å²) in [6, 6.07) is 5.58. The van der Waals surface area contributed by atoms with Crippen LogP contribution in [0.2, 0.25) is 0 Å². The zero-order chi connectivity index (χ0) is 14.6. The van der Waals surface area contributed by atoms with Crippen molar-refractivity contribution in [3.05, 3.63) is 30.0 Å². The number of methoxy groups -OCH3 is 1. The van der Waals surface area contributed by atoms with Crippen molar-refractivity contribution >= 4 is 16.9 Å². The first kappa shape index (κ1) is 12.7. The SMILES string of the molecule is COc1cccc2c(C(=O)N3C[C@@H]4CC[C@]4(N)C3)coc12. The second-order valence-corrected chi connectivity index (χ2v) is 6.14. The van der Waals surface area contributed by atoms with Crippen LogP contribution in [0.4, 0.5) is 0 Å². The van der Waals surface area contributed by atoms with E-state index in [1.165, 1.54) is 6.26 Å². The van der Waals surface area contributed by atoms with Crippen LogP contribution in [0, 0.1) is 5.92 Å². The predicted molar refractivity (Wildman–Crippen MR) is 78.3 cm³/mol. The topological polar surface area (TPSA) is 68.7 Å². The number of nitrogens with zero attached hydrogens (tertiary/aromatic N) is 1. The Balaban J connectivity index is 1.69. The van der Waals surface area contributed by atoms with E-state index in [2.05, 4.69) is 0 Å². The van der Waals surface area contributed by atoms with Gasteiger partial charge in [0.1, 0.15) is 6.26 Å². The Morgan fingerprint density at radius 1 is 1.52 bits per heavy atom. The third kappa shape index (κ3) is 1.70. The van der Waals surface area contributed by atoms with Crippen molar-refractivity contribution in [2.45, 2.75) is 18.4 Å². The standard InChI is InChI=1S/C16H18N2O3/c1-20-13-4-2-3-11-12(8-21-14(11)13)15(19)18-7-10-5-6-16(10,17)9-18/h2-4,8,10H,5-7,9,17H2,1H3/t10-,16-/m0/s1. The summed E-state index contributed by atoms with van der Waals surface area (Å²) in [6.07, 6.45) is 3.67. The van der Waals surface area contributed by atoms with Gasteiger partial charge in [0.05, 0.1) is 12.7 Å². The lowest BCUT2D eigenvalue weighted by Crippen LogP contribution is -2.54. The molecule has 110 valence electrons. The first-order chi connectivity index (χ1) is 10.1. The van der Waals surface area contributed by atoms with E-state index < -0.39 is 0 Å². The molecule has 0 spiro atoms. The molecule has 0 unspecified atom stereocenters. The molecule has 1 saturated carbocycles. The molecule has 1 amide bonds. The van der Waals surface area contributed by atoms with Crippen molar-refractivity contribution < 1.29 is 13.9 Å². The number of furan rings is 1. The maximum absolute atomic E-state index is 12.8. The van der Waals surface area contributed by atoms with Crippen molar-refractivity contribution in [1.82, 2.24) is 4.90 Å². The number of hydrogen-bond donors (Lipinski definition) is 1. The minimum Gasteiger partial charge on any atom is -0.493 e. The summed E-state index contributed by atoms with van der Waals surface area (Å²) in [7, 11) is 1.59. The molecule has 21 heavy (non-hydrogen) atoms. The average molecular weight is 286 g/mol. The van der Waals surface area contributed by atoms with Crippen LogP contribution in [0.5, 0.6) is 5.75 Å². The number of likely N-dealkylation sites (tertiary alicyclic amines) is 1. The van der Waals surface area contributed by atoms with Gasteiger partial charge in [-0.1, -0.05) is 12.1 Å². The van der Waals surface area contributed by atoms with Crippen molar-refractivity contribution in [3.8, 4) is 5.75 Å². The Hall–Kier alpha value is -2.01. The van der Waals surface area contributed by atoms with Crippen LogP contribution in [0.1, 0.15) is 23.2 Å². The minimum absolute atomic E-state index is 0.00114. The number of carbonyl (C=O) groups excluding carboxylic acids is 1. The molecule has 5 nitrogen and oxygen atoms in total. The predicted octanol–water partition coefficient (Wildman–Crippen LogP) is 2.00. The molecule has 1 saturated heterocycles. The molecule has 0 radical (unpaired) electrons. The monoisotopic (exact) mass is 286 g/mol. The average Bonchev–Trinajstić information content (AvgIpc) is 3.01. The van der Waals surface area contributed by atoms with E-state index in [0.29, 0.717) is 29.4 Å². The van der Waals surface area contributed by atoms with E-state index in [0.717, 1.165) is 24.8 Å². The Morgan fingerprint density at radius 3 is 3.00 bits per heavy atom. The van der Waals surface area contributed by atoms with Gasteiger partial charge in [-0.05, 0) is 24.8 Å². The summed E-state index contributed by atoms with van der Waals surface area (Å²) in [5.41, 5.74) is 7.36. The molecule has 1 aliphatic heterocycles. The summed E-state index contributed by atoms with van der Waals surface area (Å²) >= 11 is 0. The van der Waals surface area contributed by atoms with Gasteiger partial charge in [0, 0.05) is 24.0 Å². The Kier molecular flexibility index (Phi) is 2.57. The van der Waals surface area contributed by atoms with Crippen molar-refractivity contribution in [3.63, 3.8) is 0 Å². The zero-order valence-corrected chi connectivity index (χ0v) is 12.0. The Bertz CT molecular complexity index is 723. The maximum Gasteiger partial charge on any atom is 0.257 e. The number of hydrogen-bond acceptors (Lipinski definition) is 4. The van der Waals surface area contributed by atoms with Crippen LogP contribution in [-0.4, -0.2) is 36.5 Å². The van der Waals surface area contributed by atoms with Crippen LogP contribution < -0.4 is 10.5 Å². The van der Waals surface area contributed by atoms with Crippen LogP contribution in [0.15, 0.2) is 28.9 Å². The third-order valence-electron chi connectivity index (χ3n) is 5.00. The summed E-state index contributed by atoms with van der Waals surface area (Å²) in [4.78, 5) is 14.6. The largest absolute Gasteiger partial charge is 0.493 e. The normalized spacial score (nSPS) is 27.5. The highest BCUT2D eigenvalue weighted by atomic mass is 16.5. The Morgan fingerprint density at radius 2 is 2.38 bits per heavy atom. The highest BCUT2D eigenvalue weighted by Crippen LogP contribution is 2.43. The number of para-hydroxylation sites is 1. The van der Waals surface area contributed by atoms with Crippen molar-refractivity contribution in [1.29, 1.82) is 0 Å². The second kappa shape index (κ2) is 4.24. The lowest BCUT2D eigenvalue weighted by Gasteiger charge is -2.39. The van der Waals surface area contributed by atoms with Crippen LogP contribution in [0.25, 0.3) is 11.0 Å². The molecule has 2 fully saturated rings. The molecular formula is C16H18N2O3. The summed E-state index contributed by atoms with van der Waals surface area (Å²) in [6.45, 7) is 1.40. The van der Waals surface area contributed by atoms with E-state index in [1.807, 2.05) is 23.1 Å². The van der Waals surface area contributed by atoms with Gasteiger partial charge < -0.3 is 19.8 Å². The summed E-state index contributed by atoms with van der Waals surface area (Å²) in [5, 5.41) is 0.796. The van der Waals surface area contributed by atoms with E-state index >= 15 is 0 Å². The number of nitrogens with two attached hydrogens (primary N) is 1. The first-order valence-corrected chi connectivity index (χ1v) is 7.25. The first-order valence-electron chi connectivity index (χ1n) is 7.25. The molecule has 1 aromatic heterocycles. The molecule has 1 aromatic carbocycles. The summed E-state index contributed by atoms with van der Waals surface area (Å²) < 4.78 is 10.8. The van der Waals surface area contributed by atoms with Crippen LogP contribution >= 0.6 is 0 Å². The summed E-state index contributed by atoms with van der Waals surface area (Å²) in [5.74, 6) is 1.10. The van der Waals surface area contributed by atoms with E-state index in [-0.39, 0.29) is 11.4 Å². The van der Waals surface area contributed by atoms with Gasteiger partial charge in [-0.2, -0.15) is 0 Å². The molecule has 2 aliphatic rings. The second-order valence-electron chi connectivity index (χ2n) is 6.14. The number of benzene rings is 1. The van der Waals surface area contributed by atoms with Crippen molar-refractivity contribution in [2.75, 3.05) is 20.2 Å². The van der Waals surface area contributed by atoms with Crippen LogP contribution in [0.3, 0.4) is 0 Å². The van der Waals surface area contributed by atoms with Gasteiger partial charge in [-0.3, -0.25) is 4.79 Å². The smallest absolute Gasteiger partial charge is 0.257 e. The minimum atomic E-state index is -0.160. The fourth-order valence-electron chi connectivity index (χ4n) is 3.57. The van der Waals surface area contributed by atoms with Gasteiger partial charge >= 0.3 is 0 Å². The van der Waals surface area contributed by atoms with E-state index in [1.54, 1.807) is 7.11 Å². The highest BCUT2D eigenvalue weighted by molar-refractivity contribution is 6.07. The number of rotatable bonds is 2. The molecular weight excluding hydrogens is 268 g/mol. The highest BCUT2D eigenvalue weighted by Gasteiger charge is 2.51.